The van der Waals surface area contributed by atoms with E-state index in [1.807, 2.05) is 23.8 Å². The number of piperidine rings is 1. The fourth-order valence-electron chi connectivity index (χ4n) is 3.72. The van der Waals surface area contributed by atoms with E-state index in [1.165, 1.54) is 0 Å². The van der Waals surface area contributed by atoms with Crippen molar-refractivity contribution in [3.63, 3.8) is 0 Å². The molecule has 0 aromatic carbocycles. The summed E-state index contributed by atoms with van der Waals surface area (Å²) >= 11 is 0. The van der Waals surface area contributed by atoms with Crippen LogP contribution in [0.15, 0.2) is 18.5 Å². The summed E-state index contributed by atoms with van der Waals surface area (Å²) in [6, 6.07) is 2.96. The molecule has 2 saturated heterocycles. The lowest BCUT2D eigenvalue weighted by Gasteiger charge is -2.38. The number of fused-ring (bicyclic) bond motifs is 3. The van der Waals surface area contributed by atoms with Crippen LogP contribution in [0.25, 0.3) is 5.52 Å². The van der Waals surface area contributed by atoms with Crippen molar-refractivity contribution in [1.82, 2.24) is 14.6 Å². The summed E-state index contributed by atoms with van der Waals surface area (Å²) < 4.78 is 1.90. The smallest absolute Gasteiger partial charge is 0.155 e. The first-order chi connectivity index (χ1) is 9.22. The topological polar surface area (TPSA) is 53.7 Å². The molecule has 4 heterocycles. The quantitative estimate of drug-likeness (QED) is 0.843. The second kappa shape index (κ2) is 3.93. The predicted octanol–water partition coefficient (Wildman–Crippen LogP) is 1.53. The van der Waals surface area contributed by atoms with E-state index < -0.39 is 0 Å². The summed E-state index contributed by atoms with van der Waals surface area (Å²) in [5, 5.41) is 14.4. The third-order valence-electron chi connectivity index (χ3n) is 4.44. The number of hydrogen-bond acceptors (Lipinski definition) is 4. The van der Waals surface area contributed by atoms with Crippen molar-refractivity contribution >= 4 is 11.3 Å². The van der Waals surface area contributed by atoms with Gasteiger partial charge >= 0.3 is 0 Å². The monoisotopic (exact) mass is 258 g/mol. The Labute approximate surface area is 111 Å². The van der Waals surface area contributed by atoms with Crippen LogP contribution >= 0.6 is 0 Å². The van der Waals surface area contributed by atoms with Crippen LogP contribution in [0.2, 0.25) is 0 Å². The van der Waals surface area contributed by atoms with Gasteiger partial charge in [0.15, 0.2) is 5.82 Å². The zero-order valence-electron chi connectivity index (χ0n) is 11.0. The first kappa shape index (κ1) is 11.2. The van der Waals surface area contributed by atoms with E-state index in [9.17, 15) is 5.11 Å². The van der Waals surface area contributed by atoms with Crippen molar-refractivity contribution in [1.29, 1.82) is 0 Å². The van der Waals surface area contributed by atoms with E-state index in [-0.39, 0.29) is 6.10 Å². The molecule has 0 spiro atoms. The molecule has 2 unspecified atom stereocenters. The van der Waals surface area contributed by atoms with Crippen molar-refractivity contribution in [3.05, 3.63) is 24.2 Å². The molecule has 100 valence electrons. The van der Waals surface area contributed by atoms with Crippen LogP contribution in [0.3, 0.4) is 0 Å². The summed E-state index contributed by atoms with van der Waals surface area (Å²) in [4.78, 5) is 7.01. The predicted molar refractivity (Wildman–Crippen MR) is 72.3 cm³/mol. The molecule has 2 aliphatic heterocycles. The molecule has 19 heavy (non-hydrogen) atoms. The maximum absolute atomic E-state index is 9.91. The van der Waals surface area contributed by atoms with E-state index in [0.717, 1.165) is 42.7 Å². The van der Waals surface area contributed by atoms with Gasteiger partial charge in [-0.15, -0.1) is 0 Å². The Hall–Kier alpha value is -1.62. The van der Waals surface area contributed by atoms with Gasteiger partial charge in [0.25, 0.3) is 0 Å². The molecule has 0 radical (unpaired) electrons. The second-order valence-corrected chi connectivity index (χ2v) is 5.78. The molecule has 0 aliphatic carbocycles. The molecule has 1 N–H and O–H groups in total. The first-order valence-electron chi connectivity index (χ1n) is 7.00. The van der Waals surface area contributed by atoms with Crippen molar-refractivity contribution in [2.24, 2.45) is 0 Å². The summed E-state index contributed by atoms with van der Waals surface area (Å²) in [7, 11) is 0. The summed E-state index contributed by atoms with van der Waals surface area (Å²) in [5.41, 5.74) is 2.09. The van der Waals surface area contributed by atoms with E-state index in [0.29, 0.717) is 12.1 Å². The highest BCUT2D eigenvalue weighted by Crippen LogP contribution is 2.39. The molecule has 4 rings (SSSR count). The van der Waals surface area contributed by atoms with Crippen LogP contribution in [0.4, 0.5) is 5.82 Å². The maximum atomic E-state index is 9.91. The number of rotatable bonds is 1. The van der Waals surface area contributed by atoms with Gasteiger partial charge in [0, 0.05) is 24.5 Å². The van der Waals surface area contributed by atoms with Crippen molar-refractivity contribution < 1.29 is 5.11 Å². The van der Waals surface area contributed by atoms with Crippen LogP contribution in [0.5, 0.6) is 0 Å². The molecule has 2 fully saturated rings. The Morgan fingerprint density at radius 1 is 1.26 bits per heavy atom. The molecule has 2 aromatic heterocycles. The molecule has 0 saturated carbocycles. The van der Waals surface area contributed by atoms with Gasteiger partial charge in [0.05, 0.1) is 11.8 Å². The SMILES string of the molecule is Cc1cc2c(N3C4CCC3CC(O)C4)nccn2n1. The number of hydrogen-bond donors (Lipinski definition) is 1. The molecule has 2 atom stereocenters. The molecule has 2 bridgehead atoms. The van der Waals surface area contributed by atoms with Gasteiger partial charge in [-0.25, -0.2) is 9.50 Å². The van der Waals surface area contributed by atoms with Gasteiger partial charge in [-0.05, 0) is 38.7 Å². The van der Waals surface area contributed by atoms with E-state index in [4.69, 9.17) is 0 Å². The Kier molecular flexibility index (Phi) is 2.33. The maximum Gasteiger partial charge on any atom is 0.155 e. The van der Waals surface area contributed by atoms with Crippen molar-refractivity contribution in [2.75, 3.05) is 4.90 Å². The Balaban J connectivity index is 1.82. The molecule has 2 aromatic rings. The highest BCUT2D eigenvalue weighted by Gasteiger charge is 2.41. The number of aromatic nitrogens is 3. The van der Waals surface area contributed by atoms with E-state index >= 15 is 0 Å². The van der Waals surface area contributed by atoms with E-state index in [2.05, 4.69) is 21.0 Å². The van der Waals surface area contributed by atoms with Gasteiger partial charge in [-0.1, -0.05) is 0 Å². The molecular formula is C14H18N4O. The largest absolute Gasteiger partial charge is 0.393 e. The zero-order valence-corrected chi connectivity index (χ0v) is 11.0. The number of aryl methyl sites for hydroxylation is 1. The highest BCUT2D eigenvalue weighted by atomic mass is 16.3. The van der Waals surface area contributed by atoms with Crippen molar-refractivity contribution in [2.45, 2.75) is 50.8 Å². The van der Waals surface area contributed by atoms with Gasteiger partial charge in [0.1, 0.15) is 5.52 Å². The normalized spacial score (nSPS) is 30.2. The molecular weight excluding hydrogens is 240 g/mol. The summed E-state index contributed by atoms with van der Waals surface area (Å²) in [6.45, 7) is 2.01. The summed E-state index contributed by atoms with van der Waals surface area (Å²) in [5.74, 6) is 1.03. The Morgan fingerprint density at radius 2 is 2.00 bits per heavy atom. The third-order valence-corrected chi connectivity index (χ3v) is 4.44. The van der Waals surface area contributed by atoms with Crippen LogP contribution in [-0.2, 0) is 0 Å². The van der Waals surface area contributed by atoms with Gasteiger partial charge < -0.3 is 10.0 Å². The van der Waals surface area contributed by atoms with Crippen molar-refractivity contribution in [3.8, 4) is 0 Å². The number of anilines is 1. The Bertz CT molecular complexity index is 609. The average molecular weight is 258 g/mol. The highest BCUT2D eigenvalue weighted by molar-refractivity contribution is 5.70. The fraction of sp³-hybridized carbons (Fsp3) is 0.571. The molecule has 5 heteroatoms. The molecule has 2 aliphatic rings. The minimum atomic E-state index is -0.139. The minimum Gasteiger partial charge on any atom is -0.393 e. The van der Waals surface area contributed by atoms with Crippen LogP contribution in [0.1, 0.15) is 31.4 Å². The first-order valence-corrected chi connectivity index (χ1v) is 7.00. The number of aliphatic hydroxyl groups is 1. The lowest BCUT2D eigenvalue weighted by molar-refractivity contribution is 0.126. The van der Waals surface area contributed by atoms with E-state index in [1.54, 1.807) is 0 Å². The summed E-state index contributed by atoms with van der Waals surface area (Å²) in [6.07, 6.45) is 7.64. The van der Waals surface area contributed by atoms with Gasteiger partial charge in [-0.2, -0.15) is 5.10 Å². The zero-order chi connectivity index (χ0) is 13.0. The van der Waals surface area contributed by atoms with Crippen LogP contribution in [-0.4, -0.2) is 37.9 Å². The fourth-order valence-corrected chi connectivity index (χ4v) is 3.72. The molecule has 5 nitrogen and oxygen atoms in total. The average Bonchev–Trinajstić information content (AvgIpc) is 2.87. The number of nitrogens with zero attached hydrogens (tertiary/aromatic N) is 4. The Morgan fingerprint density at radius 3 is 2.74 bits per heavy atom. The van der Waals surface area contributed by atoms with Crippen LogP contribution in [0, 0.1) is 6.92 Å². The van der Waals surface area contributed by atoms with Gasteiger partial charge in [-0.3, -0.25) is 0 Å². The number of aliphatic hydroxyl groups excluding tert-OH is 1. The third kappa shape index (κ3) is 1.64. The molecule has 0 amide bonds. The van der Waals surface area contributed by atoms with Gasteiger partial charge in [0.2, 0.25) is 0 Å². The van der Waals surface area contributed by atoms with Crippen LogP contribution < -0.4 is 4.90 Å². The standard InChI is InChI=1S/C14H18N4O/c1-9-6-13-14(15-4-5-17(13)16-9)18-10-2-3-11(18)8-12(19)7-10/h4-6,10-12,19H,2-3,7-8H2,1H3. The lowest BCUT2D eigenvalue weighted by Crippen LogP contribution is -2.45. The second-order valence-electron chi connectivity index (χ2n) is 5.78. The lowest BCUT2D eigenvalue weighted by atomic mass is 10.00. The minimum absolute atomic E-state index is 0.139.